The molecule has 0 aliphatic heterocycles. The van der Waals surface area contributed by atoms with Crippen LogP contribution in [0.4, 0.5) is 5.69 Å². The molecule has 2 aromatic rings. The predicted octanol–water partition coefficient (Wildman–Crippen LogP) is 5.71. The van der Waals surface area contributed by atoms with E-state index in [9.17, 15) is 9.59 Å². The predicted molar refractivity (Wildman–Crippen MR) is 184 cm³/mol. The van der Waals surface area contributed by atoms with Gasteiger partial charge in [-0.1, -0.05) is 81.5 Å². The second-order valence-electron chi connectivity index (χ2n) is 12.6. The Morgan fingerprint density at radius 2 is 1.36 bits per heavy atom. The fraction of sp³-hybridized carbons (Fsp3) is 0.622. The number of amides is 1. The number of carbonyl (C=O) groups excluding carboxylic acids is 2. The van der Waals surface area contributed by atoms with Crippen LogP contribution in [0.15, 0.2) is 36.4 Å². The van der Waals surface area contributed by atoms with E-state index < -0.39 is 0 Å². The number of unbranched alkanes of at least 4 members (excludes halogenated alkanes) is 6. The van der Waals surface area contributed by atoms with E-state index in [2.05, 4.69) is 31.0 Å². The molecule has 1 unspecified atom stereocenters. The van der Waals surface area contributed by atoms with Gasteiger partial charge in [0.1, 0.15) is 6.54 Å². The van der Waals surface area contributed by atoms with Crippen LogP contribution in [-0.2, 0) is 16.0 Å². The van der Waals surface area contributed by atoms with Gasteiger partial charge in [-0.2, -0.15) is 0 Å². The molecule has 0 aliphatic rings. The Labute approximate surface area is 284 Å². The number of hydrogen-bond acceptors (Lipinski definition) is 3. The summed E-state index contributed by atoms with van der Waals surface area (Å²) in [4.78, 5) is 28.3. The molecule has 248 valence electrons. The second-order valence-corrected chi connectivity index (χ2v) is 13.0. The number of ketones is 1. The van der Waals surface area contributed by atoms with Crippen molar-refractivity contribution in [1.82, 2.24) is 4.90 Å². The number of nitrogens with one attached hydrogen (secondary N) is 1. The number of carbonyl (C=O) groups is 2. The minimum Gasteiger partial charge on any atom is -1.00 e. The quantitative estimate of drug-likeness (QED) is 0.127. The van der Waals surface area contributed by atoms with Crippen LogP contribution in [0, 0.1) is 20.8 Å². The summed E-state index contributed by atoms with van der Waals surface area (Å²) >= 11 is 6.43. The van der Waals surface area contributed by atoms with Gasteiger partial charge in [-0.3, -0.25) is 14.5 Å². The number of aryl methyl sites for hydroxylation is 3. The van der Waals surface area contributed by atoms with E-state index in [0.717, 1.165) is 97.3 Å². The highest BCUT2D eigenvalue weighted by Crippen LogP contribution is 2.22. The Morgan fingerprint density at radius 3 is 1.98 bits per heavy atom. The number of hydrogen-bond donors (Lipinski definition) is 1. The molecule has 2 aromatic carbocycles. The smallest absolute Gasteiger partial charge is 0.238 e. The van der Waals surface area contributed by atoms with Crippen LogP contribution in [0.2, 0.25) is 5.02 Å². The maximum Gasteiger partial charge on any atom is 0.238 e. The number of rotatable bonds is 22. The number of halogens is 2. The molecule has 0 bridgehead atoms. The first-order chi connectivity index (χ1) is 20.6. The fourth-order valence-corrected chi connectivity index (χ4v) is 6.47. The van der Waals surface area contributed by atoms with Crippen molar-refractivity contribution in [2.24, 2.45) is 0 Å². The van der Waals surface area contributed by atoms with E-state index in [-0.39, 0.29) is 22.9 Å². The van der Waals surface area contributed by atoms with Crippen molar-refractivity contribution in [3.05, 3.63) is 63.7 Å². The first-order valence-electron chi connectivity index (χ1n) is 16.8. The SMILES string of the molecule is CCCC[N+](CC)(CCCCCCCCN(CCC)CC(=O)Nc1c(C)cccc1C)CC(=O)Cc1c(C)cccc1Cl.[Br-]. The zero-order chi connectivity index (χ0) is 31.7. The minimum absolute atomic E-state index is 0. The number of anilines is 1. The standard InChI is InChI=1S/C37H58ClN3O2.BrH/c1-7-10-25-41(9-3,29-33(42)27-34-30(4)19-18-22-35(34)38)26-16-14-12-11-13-15-24-40(23-8-2)28-36(43)39-37-31(5)20-17-21-32(37)6;/h17-22H,7-16,23-29H2,1-6H3;1H. The van der Waals surface area contributed by atoms with Crippen molar-refractivity contribution in [2.75, 3.05) is 51.1 Å². The third-order valence-corrected chi connectivity index (χ3v) is 9.26. The molecule has 0 spiro atoms. The van der Waals surface area contributed by atoms with Crippen molar-refractivity contribution in [3.8, 4) is 0 Å². The molecule has 7 heteroatoms. The van der Waals surface area contributed by atoms with Gasteiger partial charge in [0.2, 0.25) is 5.91 Å². The lowest BCUT2D eigenvalue weighted by molar-refractivity contribution is -0.919. The van der Waals surface area contributed by atoms with Crippen LogP contribution in [0.3, 0.4) is 0 Å². The second kappa shape index (κ2) is 21.9. The molecule has 0 aromatic heterocycles. The van der Waals surface area contributed by atoms with Gasteiger partial charge >= 0.3 is 0 Å². The summed E-state index contributed by atoms with van der Waals surface area (Å²) in [5, 5.41) is 3.84. The van der Waals surface area contributed by atoms with E-state index in [4.69, 9.17) is 11.6 Å². The van der Waals surface area contributed by atoms with E-state index in [0.29, 0.717) is 30.3 Å². The van der Waals surface area contributed by atoms with Gasteiger partial charge in [-0.15, -0.1) is 0 Å². The lowest BCUT2D eigenvalue weighted by Crippen LogP contribution is -3.00. The van der Waals surface area contributed by atoms with Gasteiger partial charge in [0.15, 0.2) is 5.78 Å². The highest BCUT2D eigenvalue weighted by Gasteiger charge is 2.28. The molecule has 0 fully saturated rings. The van der Waals surface area contributed by atoms with E-state index in [1.54, 1.807) is 0 Å². The molecule has 0 heterocycles. The van der Waals surface area contributed by atoms with Crippen molar-refractivity contribution >= 4 is 29.0 Å². The Morgan fingerprint density at radius 1 is 0.773 bits per heavy atom. The average Bonchev–Trinajstić information content (AvgIpc) is 2.97. The van der Waals surface area contributed by atoms with Gasteiger partial charge < -0.3 is 26.8 Å². The zero-order valence-electron chi connectivity index (χ0n) is 28.5. The number of quaternary nitrogens is 1. The Kier molecular flexibility index (Phi) is 20.1. The van der Waals surface area contributed by atoms with E-state index in [1.807, 2.05) is 57.2 Å². The van der Waals surface area contributed by atoms with Gasteiger partial charge in [0.05, 0.1) is 26.2 Å². The van der Waals surface area contributed by atoms with Crippen LogP contribution < -0.4 is 22.3 Å². The molecule has 44 heavy (non-hydrogen) atoms. The van der Waals surface area contributed by atoms with E-state index >= 15 is 0 Å². The van der Waals surface area contributed by atoms with Gasteiger partial charge in [-0.25, -0.2) is 0 Å². The Bertz CT molecular complexity index is 1100. The average molecular weight is 693 g/mol. The third-order valence-electron chi connectivity index (χ3n) is 8.91. The van der Waals surface area contributed by atoms with Gasteiger partial charge in [-0.05, 0) is 101 Å². The van der Waals surface area contributed by atoms with E-state index in [1.165, 1.54) is 25.7 Å². The Hall–Kier alpha value is -1.73. The largest absolute Gasteiger partial charge is 1.00 e. The van der Waals surface area contributed by atoms with Crippen LogP contribution >= 0.6 is 11.6 Å². The molecular formula is C37H59BrClN3O2. The fourth-order valence-electron chi connectivity index (χ4n) is 6.18. The van der Waals surface area contributed by atoms with Crippen LogP contribution in [0.1, 0.15) is 101 Å². The molecule has 0 saturated heterocycles. The maximum atomic E-state index is 13.2. The van der Waals surface area contributed by atoms with Crippen molar-refractivity contribution in [1.29, 1.82) is 0 Å². The summed E-state index contributed by atoms with van der Waals surface area (Å²) in [6, 6.07) is 12.0. The molecule has 0 aliphatic carbocycles. The summed E-state index contributed by atoms with van der Waals surface area (Å²) in [5.74, 6) is 0.375. The summed E-state index contributed by atoms with van der Waals surface area (Å²) in [7, 11) is 0. The number of nitrogens with zero attached hydrogens (tertiary/aromatic N) is 2. The van der Waals surface area contributed by atoms with Crippen LogP contribution in [0.25, 0.3) is 0 Å². The van der Waals surface area contributed by atoms with Gasteiger partial charge in [0, 0.05) is 17.1 Å². The first-order valence-corrected chi connectivity index (χ1v) is 17.2. The highest BCUT2D eigenvalue weighted by atomic mass is 79.9. The topological polar surface area (TPSA) is 49.4 Å². The third kappa shape index (κ3) is 14.1. The lowest BCUT2D eigenvalue weighted by Gasteiger charge is -2.37. The van der Waals surface area contributed by atoms with Crippen molar-refractivity contribution < 1.29 is 31.1 Å². The molecular weight excluding hydrogens is 634 g/mol. The Balaban J connectivity index is 0.00000968. The summed E-state index contributed by atoms with van der Waals surface area (Å²) in [5.41, 5.74) is 5.24. The number of Topliss-reactive ketones (excluding diaryl/α,β-unsaturated/α-hetero) is 1. The molecule has 2 rings (SSSR count). The molecule has 5 nitrogen and oxygen atoms in total. The van der Waals surface area contributed by atoms with Crippen LogP contribution in [0.5, 0.6) is 0 Å². The summed E-state index contributed by atoms with van der Waals surface area (Å²) in [6.07, 6.45) is 10.9. The molecule has 0 radical (unpaired) electrons. The molecule has 1 amide bonds. The highest BCUT2D eigenvalue weighted by molar-refractivity contribution is 6.31. The first kappa shape index (κ1) is 40.3. The number of likely N-dealkylation sites (N-methyl/N-ethyl adjacent to an activating group) is 1. The van der Waals surface area contributed by atoms with Gasteiger partial charge in [0.25, 0.3) is 0 Å². The number of para-hydroxylation sites is 1. The normalized spacial score (nSPS) is 12.5. The van der Waals surface area contributed by atoms with Crippen LogP contribution in [-0.4, -0.2) is 66.9 Å². The molecule has 1 atom stereocenters. The van der Waals surface area contributed by atoms with Crippen molar-refractivity contribution in [2.45, 2.75) is 106 Å². The molecule has 0 saturated carbocycles. The summed E-state index contributed by atoms with van der Waals surface area (Å²) < 4.78 is 0.895. The monoisotopic (exact) mass is 691 g/mol. The minimum atomic E-state index is 0. The summed E-state index contributed by atoms with van der Waals surface area (Å²) in [6.45, 7) is 18.9. The molecule has 1 N–H and O–H groups in total. The lowest BCUT2D eigenvalue weighted by atomic mass is 10.0. The maximum absolute atomic E-state index is 13.2. The number of benzene rings is 2. The van der Waals surface area contributed by atoms with Crippen molar-refractivity contribution in [3.63, 3.8) is 0 Å². The zero-order valence-corrected chi connectivity index (χ0v) is 30.8.